The zero-order valence-corrected chi connectivity index (χ0v) is 12.7. The van der Waals surface area contributed by atoms with Crippen LogP contribution in [0.25, 0.3) is 0 Å². The minimum atomic E-state index is 0.867. The second-order valence-electron chi connectivity index (χ2n) is 5.52. The van der Waals surface area contributed by atoms with Crippen LogP contribution in [0.5, 0.6) is 0 Å². The summed E-state index contributed by atoms with van der Waals surface area (Å²) < 4.78 is 0. The van der Waals surface area contributed by atoms with Gasteiger partial charge in [-0.3, -0.25) is 0 Å². The molecule has 0 aromatic heterocycles. The average Bonchev–Trinajstić information content (AvgIpc) is 2.67. The van der Waals surface area contributed by atoms with E-state index in [-0.39, 0.29) is 0 Å². The first-order chi connectivity index (χ1) is 9.25. The Kier molecular flexibility index (Phi) is 6.15. The van der Waals surface area contributed by atoms with Gasteiger partial charge in [0.25, 0.3) is 0 Å². The van der Waals surface area contributed by atoms with Crippen LogP contribution in [0.15, 0.2) is 18.2 Å². The Bertz CT molecular complexity index is 384. The van der Waals surface area contributed by atoms with E-state index in [9.17, 15) is 0 Å². The molecule has 2 nitrogen and oxygen atoms in total. The zero-order chi connectivity index (χ0) is 13.5. The number of halogens is 1. The Balaban J connectivity index is 1.67. The van der Waals surface area contributed by atoms with Crippen molar-refractivity contribution >= 4 is 11.6 Å². The fourth-order valence-electron chi connectivity index (χ4n) is 2.58. The monoisotopic (exact) mass is 280 g/mol. The molecule has 106 valence electrons. The van der Waals surface area contributed by atoms with Gasteiger partial charge in [-0.25, -0.2) is 0 Å². The molecule has 0 spiro atoms. The van der Waals surface area contributed by atoms with Gasteiger partial charge in [-0.1, -0.05) is 36.6 Å². The highest BCUT2D eigenvalue weighted by molar-refractivity contribution is 6.31. The van der Waals surface area contributed by atoms with Crippen molar-refractivity contribution in [3.05, 3.63) is 34.3 Å². The van der Waals surface area contributed by atoms with E-state index in [0.29, 0.717) is 0 Å². The highest BCUT2D eigenvalue weighted by Gasteiger charge is 2.07. The fraction of sp³-hybridized carbons (Fsp3) is 0.625. The number of nitrogens with one attached hydrogen (secondary N) is 1. The lowest BCUT2D eigenvalue weighted by molar-refractivity contribution is 0.284. The van der Waals surface area contributed by atoms with E-state index in [1.54, 1.807) is 0 Å². The first-order valence-electron chi connectivity index (χ1n) is 7.44. The predicted octanol–water partition coefficient (Wildman–Crippen LogP) is 3.61. The van der Waals surface area contributed by atoms with Gasteiger partial charge in [-0.05, 0) is 50.0 Å². The minimum absolute atomic E-state index is 0.867. The average molecular weight is 281 g/mol. The summed E-state index contributed by atoms with van der Waals surface area (Å²) in [5, 5.41) is 4.38. The Morgan fingerprint density at radius 2 is 1.89 bits per heavy atom. The van der Waals surface area contributed by atoms with E-state index in [0.717, 1.165) is 23.7 Å². The third kappa shape index (κ3) is 5.13. The first kappa shape index (κ1) is 14.8. The molecule has 2 rings (SSSR count). The van der Waals surface area contributed by atoms with E-state index in [4.69, 9.17) is 11.6 Å². The summed E-state index contributed by atoms with van der Waals surface area (Å²) in [4.78, 5) is 2.59. The summed E-state index contributed by atoms with van der Waals surface area (Å²) in [6, 6.07) is 6.31. The standard InChI is InChI=1S/C16H25ClN2/c1-14-6-7-15(12-16(14)17)13-18-8-11-19-9-4-2-3-5-10-19/h6-7,12,18H,2-5,8-11,13H2,1H3. The van der Waals surface area contributed by atoms with Gasteiger partial charge in [0.15, 0.2) is 0 Å². The Morgan fingerprint density at radius 3 is 2.58 bits per heavy atom. The van der Waals surface area contributed by atoms with Crippen LogP contribution in [-0.2, 0) is 6.54 Å². The van der Waals surface area contributed by atoms with E-state index >= 15 is 0 Å². The number of likely N-dealkylation sites (tertiary alicyclic amines) is 1. The molecule has 0 aliphatic carbocycles. The van der Waals surface area contributed by atoms with Gasteiger partial charge in [-0.15, -0.1) is 0 Å². The number of nitrogens with zero attached hydrogens (tertiary/aromatic N) is 1. The summed E-state index contributed by atoms with van der Waals surface area (Å²) in [5.41, 5.74) is 2.42. The van der Waals surface area contributed by atoms with Crippen LogP contribution in [0.2, 0.25) is 5.02 Å². The molecule has 1 saturated heterocycles. The van der Waals surface area contributed by atoms with Crippen LogP contribution in [-0.4, -0.2) is 31.1 Å². The van der Waals surface area contributed by atoms with Crippen LogP contribution in [0.1, 0.15) is 36.8 Å². The van der Waals surface area contributed by atoms with Crippen LogP contribution < -0.4 is 5.32 Å². The van der Waals surface area contributed by atoms with Gasteiger partial charge < -0.3 is 10.2 Å². The molecule has 0 saturated carbocycles. The smallest absolute Gasteiger partial charge is 0.0438 e. The summed E-state index contributed by atoms with van der Waals surface area (Å²) in [5.74, 6) is 0. The molecule has 3 heteroatoms. The lowest BCUT2D eigenvalue weighted by atomic mass is 10.1. The minimum Gasteiger partial charge on any atom is -0.311 e. The van der Waals surface area contributed by atoms with Gasteiger partial charge in [-0.2, -0.15) is 0 Å². The molecule has 1 aliphatic heterocycles. The lowest BCUT2D eigenvalue weighted by Gasteiger charge is -2.19. The fourth-order valence-corrected chi connectivity index (χ4v) is 2.78. The molecule has 0 atom stereocenters. The van der Waals surface area contributed by atoms with Crippen molar-refractivity contribution in [2.24, 2.45) is 0 Å². The highest BCUT2D eigenvalue weighted by Crippen LogP contribution is 2.16. The molecule has 1 aromatic carbocycles. The van der Waals surface area contributed by atoms with Gasteiger partial charge in [0.05, 0.1) is 0 Å². The number of aryl methyl sites for hydroxylation is 1. The van der Waals surface area contributed by atoms with Crippen molar-refractivity contribution in [1.82, 2.24) is 10.2 Å². The third-order valence-electron chi connectivity index (χ3n) is 3.87. The maximum absolute atomic E-state index is 6.13. The SMILES string of the molecule is Cc1ccc(CNCCN2CCCCCC2)cc1Cl. The first-order valence-corrected chi connectivity index (χ1v) is 7.81. The zero-order valence-electron chi connectivity index (χ0n) is 11.9. The molecule has 0 bridgehead atoms. The van der Waals surface area contributed by atoms with E-state index < -0.39 is 0 Å². The van der Waals surface area contributed by atoms with Crippen molar-refractivity contribution < 1.29 is 0 Å². The molecule has 0 radical (unpaired) electrons. The van der Waals surface area contributed by atoms with Gasteiger partial charge in [0, 0.05) is 24.7 Å². The Morgan fingerprint density at radius 1 is 1.16 bits per heavy atom. The highest BCUT2D eigenvalue weighted by atomic mass is 35.5. The van der Waals surface area contributed by atoms with Crippen molar-refractivity contribution in [3.8, 4) is 0 Å². The van der Waals surface area contributed by atoms with Crippen LogP contribution in [0, 0.1) is 6.92 Å². The van der Waals surface area contributed by atoms with E-state index in [1.807, 2.05) is 6.92 Å². The van der Waals surface area contributed by atoms with Crippen molar-refractivity contribution in [1.29, 1.82) is 0 Å². The molecule has 1 heterocycles. The summed E-state index contributed by atoms with van der Waals surface area (Å²) >= 11 is 6.13. The van der Waals surface area contributed by atoms with Crippen LogP contribution in [0.3, 0.4) is 0 Å². The topological polar surface area (TPSA) is 15.3 Å². The quantitative estimate of drug-likeness (QED) is 0.829. The van der Waals surface area contributed by atoms with Crippen LogP contribution in [0.4, 0.5) is 0 Å². The summed E-state index contributed by atoms with van der Waals surface area (Å²) in [6.07, 6.45) is 5.55. The second kappa shape index (κ2) is 7.88. The lowest BCUT2D eigenvalue weighted by Crippen LogP contribution is -2.32. The second-order valence-corrected chi connectivity index (χ2v) is 5.92. The third-order valence-corrected chi connectivity index (χ3v) is 4.28. The normalized spacial score (nSPS) is 17.4. The van der Waals surface area contributed by atoms with E-state index in [2.05, 4.69) is 28.4 Å². The molecular weight excluding hydrogens is 256 g/mol. The Labute approximate surface area is 122 Å². The summed E-state index contributed by atoms with van der Waals surface area (Å²) in [7, 11) is 0. The number of benzene rings is 1. The largest absolute Gasteiger partial charge is 0.311 e. The number of hydrogen-bond acceptors (Lipinski definition) is 2. The van der Waals surface area contributed by atoms with Gasteiger partial charge in [0.2, 0.25) is 0 Å². The number of hydrogen-bond donors (Lipinski definition) is 1. The molecule has 1 N–H and O–H groups in total. The molecule has 1 aliphatic rings. The number of rotatable bonds is 5. The Hall–Kier alpha value is -0.570. The molecule has 0 amide bonds. The van der Waals surface area contributed by atoms with Crippen molar-refractivity contribution in [2.45, 2.75) is 39.2 Å². The molecule has 0 unspecified atom stereocenters. The van der Waals surface area contributed by atoms with E-state index in [1.165, 1.54) is 50.9 Å². The maximum atomic E-state index is 6.13. The molecule has 19 heavy (non-hydrogen) atoms. The van der Waals surface area contributed by atoms with Gasteiger partial charge >= 0.3 is 0 Å². The molecule has 1 fully saturated rings. The van der Waals surface area contributed by atoms with Gasteiger partial charge in [0.1, 0.15) is 0 Å². The summed E-state index contributed by atoms with van der Waals surface area (Å²) in [6.45, 7) is 7.73. The molecular formula is C16H25ClN2. The van der Waals surface area contributed by atoms with Crippen molar-refractivity contribution in [3.63, 3.8) is 0 Å². The predicted molar refractivity (Wildman–Crippen MR) is 82.8 cm³/mol. The maximum Gasteiger partial charge on any atom is 0.0438 e. The van der Waals surface area contributed by atoms with Crippen LogP contribution >= 0.6 is 11.6 Å². The molecule has 1 aromatic rings. The van der Waals surface area contributed by atoms with Crippen molar-refractivity contribution in [2.75, 3.05) is 26.2 Å².